The van der Waals surface area contributed by atoms with Crippen molar-refractivity contribution in [2.45, 2.75) is 0 Å². The van der Waals surface area contributed by atoms with Crippen LogP contribution in [0.1, 0.15) is 15.9 Å². The number of carbonyl (C=O) groups excluding carboxylic acids is 2. The average molecular weight is 270 g/mol. The van der Waals surface area contributed by atoms with E-state index >= 15 is 0 Å². The number of ether oxygens (including phenoxy) is 1. The van der Waals surface area contributed by atoms with Gasteiger partial charge in [-0.15, -0.1) is 0 Å². The molecule has 5 nitrogen and oxygen atoms in total. The molecule has 0 bridgehead atoms. The summed E-state index contributed by atoms with van der Waals surface area (Å²) < 4.78 is 5.20. The third-order valence-corrected chi connectivity index (χ3v) is 2.68. The molecule has 0 aromatic heterocycles. The maximum Gasteiger partial charge on any atom is 0.271 e. The highest BCUT2D eigenvalue weighted by molar-refractivity contribution is 6.08. The lowest BCUT2D eigenvalue weighted by Gasteiger charge is -2.06. The first-order valence-corrected chi connectivity index (χ1v) is 6.03. The van der Waals surface area contributed by atoms with Gasteiger partial charge in [-0.3, -0.25) is 15.0 Å². The van der Waals surface area contributed by atoms with Crippen LogP contribution in [0.3, 0.4) is 0 Å². The number of carbonyl (C=O) groups is 2. The summed E-state index contributed by atoms with van der Waals surface area (Å²) in [6, 6.07) is 15.6. The molecule has 0 aliphatic heterocycles. The van der Waals surface area contributed by atoms with Crippen molar-refractivity contribution in [2.75, 3.05) is 6.61 Å². The Morgan fingerprint density at radius 3 is 2.15 bits per heavy atom. The number of nitrogens with one attached hydrogen (secondary N) is 1. The maximum absolute atomic E-state index is 12.1. The molecule has 2 aromatic carbocycles. The van der Waals surface area contributed by atoms with Gasteiger partial charge in [-0.25, -0.2) is 5.84 Å². The van der Waals surface area contributed by atoms with Crippen LogP contribution in [0.5, 0.6) is 5.75 Å². The van der Waals surface area contributed by atoms with E-state index in [1.54, 1.807) is 36.4 Å². The molecule has 0 saturated heterocycles. The van der Waals surface area contributed by atoms with E-state index in [0.717, 1.165) is 0 Å². The Bertz CT molecular complexity index is 594. The van der Waals surface area contributed by atoms with Crippen LogP contribution < -0.4 is 16.0 Å². The number of nitrogens with two attached hydrogens (primary N) is 1. The third-order valence-electron chi connectivity index (χ3n) is 2.68. The van der Waals surface area contributed by atoms with Crippen molar-refractivity contribution < 1.29 is 14.3 Å². The van der Waals surface area contributed by atoms with Gasteiger partial charge in [0, 0.05) is 11.1 Å². The van der Waals surface area contributed by atoms with Gasteiger partial charge in [-0.1, -0.05) is 30.3 Å². The van der Waals surface area contributed by atoms with Crippen molar-refractivity contribution in [2.24, 2.45) is 5.84 Å². The van der Waals surface area contributed by atoms with Crippen LogP contribution in [0, 0.1) is 0 Å². The Labute approximate surface area is 116 Å². The summed E-state index contributed by atoms with van der Waals surface area (Å²) in [6.07, 6.45) is 0. The van der Waals surface area contributed by atoms with E-state index < -0.39 is 5.91 Å². The Hall–Kier alpha value is -2.66. The molecule has 20 heavy (non-hydrogen) atoms. The molecule has 3 N–H and O–H groups in total. The molecule has 0 spiro atoms. The molecular formula is C15H14N2O3. The van der Waals surface area contributed by atoms with Crippen LogP contribution in [0.25, 0.3) is 0 Å². The van der Waals surface area contributed by atoms with Gasteiger partial charge in [-0.2, -0.15) is 0 Å². The number of rotatable bonds is 5. The first kappa shape index (κ1) is 13.8. The van der Waals surface area contributed by atoms with E-state index in [1.165, 1.54) is 0 Å². The summed E-state index contributed by atoms with van der Waals surface area (Å²) in [7, 11) is 0. The van der Waals surface area contributed by atoms with Gasteiger partial charge in [0.25, 0.3) is 5.91 Å². The second-order valence-electron chi connectivity index (χ2n) is 4.08. The largest absolute Gasteiger partial charge is 0.484 e. The first-order chi connectivity index (χ1) is 9.70. The monoisotopic (exact) mass is 270 g/mol. The number of hydrogen-bond acceptors (Lipinski definition) is 4. The quantitative estimate of drug-likeness (QED) is 0.371. The fraction of sp³-hybridized carbons (Fsp3) is 0.0667. The van der Waals surface area contributed by atoms with Crippen molar-refractivity contribution in [3.05, 3.63) is 65.7 Å². The van der Waals surface area contributed by atoms with Gasteiger partial charge in [0.1, 0.15) is 5.75 Å². The minimum Gasteiger partial charge on any atom is -0.484 e. The zero-order valence-corrected chi connectivity index (χ0v) is 10.7. The standard InChI is InChI=1S/C15H14N2O3/c16-17-14(18)10-20-13-8-6-12(7-9-13)15(19)11-4-2-1-3-5-11/h1-9H,10,16H2,(H,17,18). The van der Waals surface area contributed by atoms with Crippen molar-refractivity contribution in [3.8, 4) is 5.75 Å². The number of benzene rings is 2. The number of hydrogen-bond donors (Lipinski definition) is 2. The Balaban J connectivity index is 2.05. The molecule has 0 atom stereocenters. The van der Waals surface area contributed by atoms with Crippen molar-refractivity contribution in [3.63, 3.8) is 0 Å². The Morgan fingerprint density at radius 1 is 0.950 bits per heavy atom. The van der Waals surface area contributed by atoms with Gasteiger partial charge in [0.15, 0.2) is 12.4 Å². The summed E-state index contributed by atoms with van der Waals surface area (Å²) in [4.78, 5) is 23.1. The van der Waals surface area contributed by atoms with Gasteiger partial charge < -0.3 is 4.74 Å². The van der Waals surface area contributed by atoms with Gasteiger partial charge in [0.2, 0.25) is 0 Å². The molecule has 102 valence electrons. The number of ketones is 1. The van der Waals surface area contributed by atoms with Crippen LogP contribution in [0.2, 0.25) is 0 Å². The summed E-state index contributed by atoms with van der Waals surface area (Å²) in [5.41, 5.74) is 3.16. The van der Waals surface area contributed by atoms with Gasteiger partial charge in [0.05, 0.1) is 0 Å². The molecule has 0 saturated carbocycles. The predicted molar refractivity (Wildman–Crippen MR) is 74.1 cm³/mol. The lowest BCUT2D eigenvalue weighted by molar-refractivity contribution is -0.123. The van der Waals surface area contributed by atoms with Crippen LogP contribution in [0.15, 0.2) is 54.6 Å². The summed E-state index contributed by atoms with van der Waals surface area (Å²) in [5.74, 6) is 4.96. The molecule has 0 heterocycles. The van der Waals surface area contributed by atoms with E-state index in [0.29, 0.717) is 16.9 Å². The molecule has 1 amide bonds. The topological polar surface area (TPSA) is 81.4 Å². The van der Waals surface area contributed by atoms with Gasteiger partial charge >= 0.3 is 0 Å². The fourth-order valence-corrected chi connectivity index (χ4v) is 1.65. The van der Waals surface area contributed by atoms with Crippen LogP contribution in [-0.2, 0) is 4.79 Å². The van der Waals surface area contributed by atoms with E-state index in [-0.39, 0.29) is 12.4 Å². The number of amides is 1. The smallest absolute Gasteiger partial charge is 0.271 e. The van der Waals surface area contributed by atoms with Crippen molar-refractivity contribution in [1.82, 2.24) is 5.43 Å². The lowest BCUT2D eigenvalue weighted by atomic mass is 10.0. The maximum atomic E-state index is 12.1. The molecule has 2 rings (SSSR count). The highest BCUT2D eigenvalue weighted by atomic mass is 16.5. The number of hydrazine groups is 1. The minimum atomic E-state index is -0.422. The SMILES string of the molecule is NNC(=O)COc1ccc(C(=O)c2ccccc2)cc1. The molecule has 0 radical (unpaired) electrons. The average Bonchev–Trinajstić information content (AvgIpc) is 2.53. The molecule has 0 fully saturated rings. The van der Waals surface area contributed by atoms with E-state index in [9.17, 15) is 9.59 Å². The first-order valence-electron chi connectivity index (χ1n) is 6.03. The van der Waals surface area contributed by atoms with Crippen LogP contribution in [-0.4, -0.2) is 18.3 Å². The van der Waals surface area contributed by atoms with Crippen LogP contribution >= 0.6 is 0 Å². The fourth-order valence-electron chi connectivity index (χ4n) is 1.65. The summed E-state index contributed by atoms with van der Waals surface area (Å²) in [6.45, 7) is -0.164. The molecule has 5 heteroatoms. The van der Waals surface area contributed by atoms with Crippen LogP contribution in [0.4, 0.5) is 0 Å². The Kier molecular flexibility index (Phi) is 4.47. The van der Waals surface area contributed by atoms with Crippen molar-refractivity contribution in [1.29, 1.82) is 0 Å². The molecule has 0 aliphatic rings. The van der Waals surface area contributed by atoms with E-state index in [2.05, 4.69) is 0 Å². The zero-order valence-electron chi connectivity index (χ0n) is 10.7. The highest BCUT2D eigenvalue weighted by Gasteiger charge is 2.08. The third kappa shape index (κ3) is 3.43. The highest BCUT2D eigenvalue weighted by Crippen LogP contribution is 2.15. The minimum absolute atomic E-state index is 0.0585. The molecule has 0 aliphatic carbocycles. The summed E-state index contributed by atoms with van der Waals surface area (Å²) in [5, 5.41) is 0. The Morgan fingerprint density at radius 2 is 1.55 bits per heavy atom. The predicted octanol–water partition coefficient (Wildman–Crippen LogP) is 1.29. The zero-order chi connectivity index (χ0) is 14.4. The second-order valence-corrected chi connectivity index (χ2v) is 4.08. The summed E-state index contributed by atoms with van der Waals surface area (Å²) >= 11 is 0. The van der Waals surface area contributed by atoms with Crippen molar-refractivity contribution >= 4 is 11.7 Å². The molecule has 2 aromatic rings. The van der Waals surface area contributed by atoms with E-state index in [1.807, 2.05) is 23.6 Å². The lowest BCUT2D eigenvalue weighted by Crippen LogP contribution is -2.34. The normalized spacial score (nSPS) is 9.85. The van der Waals surface area contributed by atoms with E-state index in [4.69, 9.17) is 10.6 Å². The second kappa shape index (κ2) is 6.49. The molecule has 0 unspecified atom stereocenters. The van der Waals surface area contributed by atoms with Gasteiger partial charge in [-0.05, 0) is 24.3 Å². The molecular weight excluding hydrogens is 256 g/mol.